The summed E-state index contributed by atoms with van der Waals surface area (Å²) in [6.07, 6.45) is 1.35. The predicted octanol–water partition coefficient (Wildman–Crippen LogP) is 3.94. The summed E-state index contributed by atoms with van der Waals surface area (Å²) in [5, 5.41) is 8.92. The standard InChI is InChI=1S/C14H13BrO4/c1-8-5-11(6-9(2)12(8)15)19-7-10-3-4-18-13(10)14(16)17/h3-6H,7H2,1-2H3,(H,16,17). The maximum absolute atomic E-state index is 10.9. The first kappa shape index (κ1) is 13.7. The number of hydrogen-bond acceptors (Lipinski definition) is 3. The molecule has 19 heavy (non-hydrogen) atoms. The quantitative estimate of drug-likeness (QED) is 0.925. The minimum atomic E-state index is -1.09. The molecule has 0 saturated heterocycles. The van der Waals surface area contributed by atoms with Gasteiger partial charge in [0, 0.05) is 10.0 Å². The molecule has 0 aliphatic heterocycles. The first-order valence-corrected chi connectivity index (χ1v) is 6.47. The van der Waals surface area contributed by atoms with Gasteiger partial charge in [-0.1, -0.05) is 15.9 Å². The van der Waals surface area contributed by atoms with Crippen LogP contribution < -0.4 is 4.74 Å². The van der Waals surface area contributed by atoms with Crippen molar-refractivity contribution in [1.29, 1.82) is 0 Å². The van der Waals surface area contributed by atoms with E-state index in [4.69, 9.17) is 14.3 Å². The molecule has 0 fully saturated rings. The number of ether oxygens (including phenoxy) is 1. The highest BCUT2D eigenvalue weighted by Gasteiger charge is 2.14. The van der Waals surface area contributed by atoms with Crippen molar-refractivity contribution in [2.45, 2.75) is 20.5 Å². The molecule has 2 rings (SSSR count). The molecule has 1 aromatic carbocycles. The Morgan fingerprint density at radius 2 is 2.00 bits per heavy atom. The monoisotopic (exact) mass is 324 g/mol. The molecule has 0 aliphatic carbocycles. The Morgan fingerprint density at radius 1 is 1.37 bits per heavy atom. The summed E-state index contributed by atoms with van der Waals surface area (Å²) in [5.41, 5.74) is 2.66. The molecule has 1 heterocycles. The lowest BCUT2D eigenvalue weighted by Gasteiger charge is -2.09. The zero-order valence-electron chi connectivity index (χ0n) is 10.6. The Bertz CT molecular complexity index is 593. The van der Waals surface area contributed by atoms with Gasteiger partial charge in [-0.05, 0) is 43.2 Å². The first-order chi connectivity index (χ1) is 8.99. The topological polar surface area (TPSA) is 59.7 Å². The van der Waals surface area contributed by atoms with E-state index in [1.54, 1.807) is 6.07 Å². The third-order valence-electron chi connectivity index (χ3n) is 2.75. The number of carbonyl (C=O) groups is 1. The number of aryl methyl sites for hydroxylation is 2. The van der Waals surface area contributed by atoms with Crippen LogP contribution in [0.1, 0.15) is 27.2 Å². The molecule has 1 N–H and O–H groups in total. The summed E-state index contributed by atoms with van der Waals surface area (Å²) >= 11 is 3.49. The number of carboxylic acid groups (broad SMARTS) is 1. The van der Waals surface area contributed by atoms with Gasteiger partial charge < -0.3 is 14.3 Å². The molecular formula is C14H13BrO4. The second kappa shape index (κ2) is 5.48. The lowest BCUT2D eigenvalue weighted by atomic mass is 10.1. The van der Waals surface area contributed by atoms with Crippen molar-refractivity contribution in [1.82, 2.24) is 0 Å². The van der Waals surface area contributed by atoms with E-state index in [-0.39, 0.29) is 12.4 Å². The van der Waals surface area contributed by atoms with Crippen molar-refractivity contribution in [2.75, 3.05) is 0 Å². The van der Waals surface area contributed by atoms with Crippen LogP contribution in [0.4, 0.5) is 0 Å². The van der Waals surface area contributed by atoms with Gasteiger partial charge in [0.1, 0.15) is 12.4 Å². The molecule has 0 bridgehead atoms. The number of furan rings is 1. The number of halogens is 1. The van der Waals surface area contributed by atoms with E-state index in [0.717, 1.165) is 15.6 Å². The molecule has 1 aromatic heterocycles. The summed E-state index contributed by atoms with van der Waals surface area (Å²) in [5.74, 6) is -0.465. The Labute approximate surface area is 119 Å². The third-order valence-corrected chi connectivity index (χ3v) is 4.00. The van der Waals surface area contributed by atoms with Gasteiger partial charge in [0.15, 0.2) is 0 Å². The average Bonchev–Trinajstić information content (AvgIpc) is 2.81. The average molecular weight is 325 g/mol. The van der Waals surface area contributed by atoms with Crippen LogP contribution in [0.25, 0.3) is 0 Å². The van der Waals surface area contributed by atoms with Gasteiger partial charge in [0.25, 0.3) is 0 Å². The van der Waals surface area contributed by atoms with Crippen LogP contribution in [0.3, 0.4) is 0 Å². The summed E-state index contributed by atoms with van der Waals surface area (Å²) in [7, 11) is 0. The van der Waals surface area contributed by atoms with Crippen LogP contribution in [0.5, 0.6) is 5.75 Å². The number of benzene rings is 1. The van der Waals surface area contributed by atoms with Gasteiger partial charge in [0.2, 0.25) is 5.76 Å². The Balaban J connectivity index is 2.15. The fourth-order valence-electron chi connectivity index (χ4n) is 1.79. The maximum atomic E-state index is 10.9. The minimum Gasteiger partial charge on any atom is -0.489 e. The summed E-state index contributed by atoms with van der Waals surface area (Å²) in [6.45, 7) is 4.12. The van der Waals surface area contributed by atoms with Crippen molar-refractivity contribution in [3.05, 3.63) is 51.4 Å². The first-order valence-electron chi connectivity index (χ1n) is 5.68. The molecule has 100 valence electrons. The van der Waals surface area contributed by atoms with Crippen molar-refractivity contribution in [3.63, 3.8) is 0 Å². The zero-order chi connectivity index (χ0) is 14.0. The number of aromatic carboxylic acids is 1. The lowest BCUT2D eigenvalue weighted by Crippen LogP contribution is -2.02. The number of rotatable bonds is 4. The SMILES string of the molecule is Cc1cc(OCc2ccoc2C(=O)O)cc(C)c1Br. The summed E-state index contributed by atoms with van der Waals surface area (Å²) in [4.78, 5) is 10.9. The molecule has 2 aromatic rings. The smallest absolute Gasteiger partial charge is 0.372 e. The molecule has 0 radical (unpaired) electrons. The van der Waals surface area contributed by atoms with E-state index in [9.17, 15) is 4.79 Å². The number of hydrogen-bond donors (Lipinski definition) is 1. The molecule has 0 saturated carbocycles. The summed E-state index contributed by atoms with van der Waals surface area (Å²) < 4.78 is 11.6. The molecule has 0 atom stereocenters. The van der Waals surface area contributed by atoms with Gasteiger partial charge >= 0.3 is 5.97 Å². The molecule has 5 heteroatoms. The Kier molecular flexibility index (Phi) is 3.95. The fourth-order valence-corrected chi connectivity index (χ4v) is 2.02. The molecule has 0 unspecified atom stereocenters. The van der Waals surface area contributed by atoms with Crippen LogP contribution in [0, 0.1) is 13.8 Å². The maximum Gasteiger partial charge on any atom is 0.372 e. The van der Waals surface area contributed by atoms with Gasteiger partial charge in [-0.3, -0.25) is 0 Å². The fraction of sp³-hybridized carbons (Fsp3) is 0.214. The van der Waals surface area contributed by atoms with Crippen LogP contribution in [0.2, 0.25) is 0 Å². The van der Waals surface area contributed by atoms with Gasteiger partial charge in [-0.15, -0.1) is 0 Å². The molecule has 0 aliphatic rings. The molecule has 0 spiro atoms. The van der Waals surface area contributed by atoms with Crippen molar-refractivity contribution < 1.29 is 19.1 Å². The Hall–Kier alpha value is -1.75. The van der Waals surface area contributed by atoms with Crippen molar-refractivity contribution in [3.8, 4) is 5.75 Å². The predicted molar refractivity (Wildman–Crippen MR) is 73.6 cm³/mol. The molecule has 4 nitrogen and oxygen atoms in total. The van der Waals surface area contributed by atoms with E-state index in [2.05, 4.69) is 15.9 Å². The van der Waals surface area contributed by atoms with E-state index in [0.29, 0.717) is 11.3 Å². The van der Waals surface area contributed by atoms with Gasteiger partial charge in [-0.25, -0.2) is 4.79 Å². The highest BCUT2D eigenvalue weighted by atomic mass is 79.9. The second-order valence-electron chi connectivity index (χ2n) is 4.24. The van der Waals surface area contributed by atoms with Crippen molar-refractivity contribution >= 4 is 21.9 Å². The van der Waals surface area contributed by atoms with Crippen LogP contribution in [0.15, 0.2) is 33.4 Å². The van der Waals surface area contributed by atoms with Crippen LogP contribution in [-0.2, 0) is 6.61 Å². The van der Waals surface area contributed by atoms with Crippen LogP contribution in [-0.4, -0.2) is 11.1 Å². The van der Waals surface area contributed by atoms with E-state index >= 15 is 0 Å². The zero-order valence-corrected chi connectivity index (χ0v) is 12.2. The summed E-state index contributed by atoms with van der Waals surface area (Å²) in [6, 6.07) is 5.40. The highest BCUT2D eigenvalue weighted by Crippen LogP contribution is 2.27. The van der Waals surface area contributed by atoms with E-state index in [1.807, 2.05) is 26.0 Å². The van der Waals surface area contributed by atoms with Crippen LogP contribution >= 0.6 is 15.9 Å². The minimum absolute atomic E-state index is 0.0782. The largest absolute Gasteiger partial charge is 0.489 e. The van der Waals surface area contributed by atoms with E-state index < -0.39 is 5.97 Å². The van der Waals surface area contributed by atoms with E-state index in [1.165, 1.54) is 6.26 Å². The highest BCUT2D eigenvalue weighted by molar-refractivity contribution is 9.10. The normalized spacial score (nSPS) is 10.5. The molecule has 0 amide bonds. The Morgan fingerprint density at radius 3 is 2.58 bits per heavy atom. The second-order valence-corrected chi connectivity index (χ2v) is 5.03. The van der Waals surface area contributed by atoms with Crippen molar-refractivity contribution in [2.24, 2.45) is 0 Å². The van der Waals surface area contributed by atoms with Gasteiger partial charge in [-0.2, -0.15) is 0 Å². The third kappa shape index (κ3) is 2.98. The lowest BCUT2D eigenvalue weighted by molar-refractivity contribution is 0.0658. The molecular weight excluding hydrogens is 312 g/mol. The number of carboxylic acids is 1. The van der Waals surface area contributed by atoms with Gasteiger partial charge in [0.05, 0.1) is 6.26 Å².